The van der Waals surface area contributed by atoms with Crippen molar-refractivity contribution in [2.24, 2.45) is 0 Å². The average molecular weight is 194 g/mol. The minimum absolute atomic E-state index is 0.777. The Bertz CT molecular complexity index is 287. The number of rotatable bonds is 5. The second kappa shape index (κ2) is 5.50. The molecule has 3 nitrogen and oxygen atoms in total. The number of nitrogens with two attached hydrogens (primary N) is 1. The lowest BCUT2D eigenvalue weighted by Crippen LogP contribution is -2.06. The van der Waals surface area contributed by atoms with Gasteiger partial charge >= 0.3 is 0 Å². The maximum Gasteiger partial charge on any atom is 0.0576 e. The Morgan fingerprint density at radius 3 is 2.93 bits per heavy atom. The first-order valence-electron chi connectivity index (χ1n) is 4.83. The van der Waals surface area contributed by atoms with E-state index in [2.05, 4.69) is 18.3 Å². The van der Waals surface area contributed by atoms with E-state index in [4.69, 9.17) is 10.5 Å². The molecule has 0 aromatic heterocycles. The summed E-state index contributed by atoms with van der Waals surface area (Å²) >= 11 is 0. The van der Waals surface area contributed by atoms with E-state index in [1.807, 2.05) is 12.1 Å². The maximum atomic E-state index is 5.81. The lowest BCUT2D eigenvalue weighted by molar-refractivity contribution is 0.198. The van der Waals surface area contributed by atoms with Gasteiger partial charge in [-0.3, -0.25) is 0 Å². The highest BCUT2D eigenvalue weighted by molar-refractivity contribution is 5.66. The molecule has 1 aromatic rings. The number of methoxy groups -OCH3 is 1. The molecule has 0 atom stereocenters. The SMILES string of the molecule is COCCCNc1cc(C)ccc1N. The molecular formula is C11H18N2O. The van der Waals surface area contributed by atoms with Crippen molar-refractivity contribution in [1.82, 2.24) is 0 Å². The number of hydrogen-bond acceptors (Lipinski definition) is 3. The van der Waals surface area contributed by atoms with Crippen LogP contribution in [0.1, 0.15) is 12.0 Å². The van der Waals surface area contributed by atoms with Crippen molar-refractivity contribution < 1.29 is 4.74 Å². The standard InChI is InChI=1S/C11H18N2O/c1-9-4-5-10(12)11(8-9)13-6-3-7-14-2/h4-5,8,13H,3,6-7,12H2,1-2H3. The molecule has 0 aliphatic heterocycles. The topological polar surface area (TPSA) is 47.3 Å². The summed E-state index contributed by atoms with van der Waals surface area (Å²) in [6.07, 6.45) is 0.990. The van der Waals surface area contributed by atoms with Gasteiger partial charge in [0.1, 0.15) is 0 Å². The van der Waals surface area contributed by atoms with Crippen LogP contribution in [0.2, 0.25) is 0 Å². The fourth-order valence-electron chi connectivity index (χ4n) is 1.26. The smallest absolute Gasteiger partial charge is 0.0576 e. The van der Waals surface area contributed by atoms with Crippen LogP contribution < -0.4 is 11.1 Å². The minimum Gasteiger partial charge on any atom is -0.397 e. The molecule has 0 bridgehead atoms. The molecule has 0 saturated carbocycles. The van der Waals surface area contributed by atoms with Crippen molar-refractivity contribution in [3.05, 3.63) is 23.8 Å². The van der Waals surface area contributed by atoms with Gasteiger partial charge in [-0.2, -0.15) is 0 Å². The number of ether oxygens (including phenoxy) is 1. The van der Waals surface area contributed by atoms with Gasteiger partial charge in [-0.25, -0.2) is 0 Å². The van der Waals surface area contributed by atoms with Gasteiger partial charge in [0.25, 0.3) is 0 Å². The van der Waals surface area contributed by atoms with Crippen molar-refractivity contribution in [3.63, 3.8) is 0 Å². The molecule has 0 aliphatic carbocycles. The van der Waals surface area contributed by atoms with Gasteiger partial charge < -0.3 is 15.8 Å². The van der Waals surface area contributed by atoms with Gasteiger partial charge in [0.05, 0.1) is 11.4 Å². The van der Waals surface area contributed by atoms with Crippen molar-refractivity contribution in [1.29, 1.82) is 0 Å². The first-order valence-corrected chi connectivity index (χ1v) is 4.83. The Morgan fingerprint density at radius 2 is 2.21 bits per heavy atom. The zero-order valence-electron chi connectivity index (χ0n) is 8.84. The highest BCUT2D eigenvalue weighted by Crippen LogP contribution is 2.19. The monoisotopic (exact) mass is 194 g/mol. The van der Waals surface area contributed by atoms with Gasteiger partial charge in [0.2, 0.25) is 0 Å². The first kappa shape index (κ1) is 10.9. The normalized spacial score (nSPS) is 10.1. The summed E-state index contributed by atoms with van der Waals surface area (Å²) < 4.78 is 4.96. The number of nitrogens with one attached hydrogen (secondary N) is 1. The van der Waals surface area contributed by atoms with E-state index < -0.39 is 0 Å². The average Bonchev–Trinajstić information content (AvgIpc) is 2.18. The van der Waals surface area contributed by atoms with Crippen molar-refractivity contribution in [3.8, 4) is 0 Å². The molecule has 78 valence electrons. The number of anilines is 2. The summed E-state index contributed by atoms with van der Waals surface area (Å²) in [6, 6.07) is 5.99. The molecule has 0 fully saturated rings. The lowest BCUT2D eigenvalue weighted by atomic mass is 10.2. The largest absolute Gasteiger partial charge is 0.397 e. The molecule has 1 aromatic carbocycles. The molecule has 3 heteroatoms. The molecule has 3 N–H and O–H groups in total. The zero-order valence-corrected chi connectivity index (χ0v) is 8.84. The number of nitrogen functional groups attached to an aromatic ring is 1. The highest BCUT2D eigenvalue weighted by Gasteiger charge is 1.97. The fourth-order valence-corrected chi connectivity index (χ4v) is 1.26. The predicted molar refractivity (Wildman–Crippen MR) is 60.6 cm³/mol. The highest BCUT2D eigenvalue weighted by atomic mass is 16.5. The van der Waals surface area contributed by atoms with Crippen LogP contribution in [0.3, 0.4) is 0 Å². The molecule has 0 aliphatic rings. The van der Waals surface area contributed by atoms with Crippen molar-refractivity contribution in [2.45, 2.75) is 13.3 Å². The summed E-state index contributed by atoms with van der Waals surface area (Å²) in [6.45, 7) is 3.72. The van der Waals surface area contributed by atoms with E-state index in [0.29, 0.717) is 0 Å². The third-order valence-corrected chi connectivity index (χ3v) is 2.05. The fraction of sp³-hybridized carbons (Fsp3) is 0.455. The van der Waals surface area contributed by atoms with Crippen LogP contribution in [0, 0.1) is 6.92 Å². The Morgan fingerprint density at radius 1 is 1.43 bits per heavy atom. The Hall–Kier alpha value is -1.22. The predicted octanol–water partition coefficient (Wildman–Crippen LogP) is 2.03. The second-order valence-corrected chi connectivity index (χ2v) is 3.36. The Balaban J connectivity index is 2.45. The van der Waals surface area contributed by atoms with Crippen LogP contribution in [0.25, 0.3) is 0 Å². The van der Waals surface area contributed by atoms with Crippen molar-refractivity contribution in [2.75, 3.05) is 31.3 Å². The minimum atomic E-state index is 0.777. The van der Waals surface area contributed by atoms with Crippen LogP contribution in [0.15, 0.2) is 18.2 Å². The van der Waals surface area contributed by atoms with E-state index in [1.54, 1.807) is 7.11 Å². The van der Waals surface area contributed by atoms with Gasteiger partial charge in [0.15, 0.2) is 0 Å². The summed E-state index contributed by atoms with van der Waals surface area (Å²) in [7, 11) is 1.71. The molecule has 0 heterocycles. The maximum absolute atomic E-state index is 5.81. The summed E-state index contributed by atoms with van der Waals surface area (Å²) in [4.78, 5) is 0. The van der Waals surface area contributed by atoms with E-state index in [-0.39, 0.29) is 0 Å². The number of hydrogen-bond donors (Lipinski definition) is 2. The van der Waals surface area contributed by atoms with Crippen LogP contribution in [-0.4, -0.2) is 20.3 Å². The number of aryl methyl sites for hydroxylation is 1. The van der Waals surface area contributed by atoms with Crippen LogP contribution >= 0.6 is 0 Å². The zero-order chi connectivity index (χ0) is 10.4. The molecule has 0 radical (unpaired) electrons. The third kappa shape index (κ3) is 3.26. The van der Waals surface area contributed by atoms with E-state index in [0.717, 1.165) is 30.9 Å². The molecular weight excluding hydrogens is 176 g/mol. The Kier molecular flexibility index (Phi) is 4.26. The molecule has 0 amide bonds. The second-order valence-electron chi connectivity index (χ2n) is 3.36. The van der Waals surface area contributed by atoms with Gasteiger partial charge in [-0.05, 0) is 31.0 Å². The first-order chi connectivity index (χ1) is 6.74. The molecule has 0 spiro atoms. The van der Waals surface area contributed by atoms with Crippen LogP contribution in [0.5, 0.6) is 0 Å². The van der Waals surface area contributed by atoms with Gasteiger partial charge in [-0.1, -0.05) is 6.07 Å². The van der Waals surface area contributed by atoms with E-state index in [9.17, 15) is 0 Å². The summed E-state index contributed by atoms with van der Waals surface area (Å²) in [5.74, 6) is 0. The molecule has 0 unspecified atom stereocenters. The van der Waals surface area contributed by atoms with E-state index >= 15 is 0 Å². The van der Waals surface area contributed by atoms with E-state index in [1.165, 1.54) is 5.56 Å². The molecule has 1 rings (SSSR count). The third-order valence-electron chi connectivity index (χ3n) is 2.05. The van der Waals surface area contributed by atoms with Crippen LogP contribution in [-0.2, 0) is 4.74 Å². The summed E-state index contributed by atoms with van der Waals surface area (Å²) in [5.41, 5.74) is 8.84. The summed E-state index contributed by atoms with van der Waals surface area (Å²) in [5, 5.41) is 3.28. The van der Waals surface area contributed by atoms with Gasteiger partial charge in [-0.15, -0.1) is 0 Å². The molecule has 0 saturated heterocycles. The van der Waals surface area contributed by atoms with Crippen molar-refractivity contribution >= 4 is 11.4 Å². The van der Waals surface area contributed by atoms with Crippen LogP contribution in [0.4, 0.5) is 11.4 Å². The molecule has 14 heavy (non-hydrogen) atoms. The lowest BCUT2D eigenvalue weighted by Gasteiger charge is -2.09. The Labute approximate surface area is 85.3 Å². The quantitative estimate of drug-likeness (QED) is 0.557. The number of benzene rings is 1. The van der Waals surface area contributed by atoms with Gasteiger partial charge in [0, 0.05) is 20.3 Å².